The number of ketones is 1. The van der Waals surface area contributed by atoms with Gasteiger partial charge in [-0.2, -0.15) is 0 Å². The number of aryl methyl sites for hydroxylation is 2. The van der Waals surface area contributed by atoms with Crippen molar-refractivity contribution in [3.8, 4) is 0 Å². The quantitative estimate of drug-likeness (QED) is 0.629. The van der Waals surface area contributed by atoms with E-state index in [1.165, 1.54) is 5.52 Å². The second-order valence-electron chi connectivity index (χ2n) is 3.71. The molecule has 0 radical (unpaired) electrons. The van der Waals surface area contributed by atoms with E-state index in [1.807, 2.05) is 38.4 Å². The van der Waals surface area contributed by atoms with Crippen LogP contribution in [0.2, 0.25) is 0 Å². The normalized spacial score (nSPS) is 10.8. The largest absolute Gasteiger partial charge is 0.350 e. The zero-order valence-corrected chi connectivity index (χ0v) is 8.66. The van der Waals surface area contributed by atoms with Gasteiger partial charge in [0.2, 0.25) is 0 Å². The topological polar surface area (TPSA) is 22.0 Å². The number of hydrogen-bond donors (Lipinski definition) is 0. The predicted octanol–water partition coefficient (Wildman–Crippen LogP) is 2.69. The van der Waals surface area contributed by atoms with E-state index >= 15 is 0 Å². The van der Waals surface area contributed by atoms with Crippen molar-refractivity contribution in [2.75, 3.05) is 0 Å². The molecule has 0 saturated heterocycles. The van der Waals surface area contributed by atoms with Gasteiger partial charge in [-0.25, -0.2) is 0 Å². The van der Waals surface area contributed by atoms with Crippen molar-refractivity contribution >= 4 is 16.7 Å². The third kappa shape index (κ3) is 1.23. The van der Waals surface area contributed by atoms with Crippen LogP contribution in [0.25, 0.3) is 10.9 Å². The van der Waals surface area contributed by atoms with E-state index in [0.29, 0.717) is 0 Å². The van der Waals surface area contributed by atoms with Crippen LogP contribution in [0, 0.1) is 6.92 Å². The zero-order valence-electron chi connectivity index (χ0n) is 8.66. The van der Waals surface area contributed by atoms with Crippen molar-refractivity contribution in [2.24, 2.45) is 7.05 Å². The summed E-state index contributed by atoms with van der Waals surface area (Å²) < 4.78 is 2.08. The molecular formula is C12H13NO. The minimum Gasteiger partial charge on any atom is -0.350 e. The maximum atomic E-state index is 11.2. The number of Topliss-reactive ketones (excluding diaryl/α,β-unsaturated/α-hetero) is 1. The molecule has 0 aliphatic rings. The van der Waals surface area contributed by atoms with E-state index in [-0.39, 0.29) is 5.78 Å². The summed E-state index contributed by atoms with van der Waals surface area (Å²) >= 11 is 0. The third-order valence-corrected chi connectivity index (χ3v) is 2.57. The molecular weight excluding hydrogens is 174 g/mol. The Hall–Kier alpha value is -1.57. The Labute approximate surface area is 83.2 Å². The summed E-state index contributed by atoms with van der Waals surface area (Å²) in [7, 11) is 2.02. The zero-order chi connectivity index (χ0) is 10.3. The molecule has 0 saturated carbocycles. The maximum Gasteiger partial charge on any atom is 0.159 e. The summed E-state index contributed by atoms with van der Waals surface area (Å²) in [4.78, 5) is 11.2. The number of nitrogens with zero attached hydrogens (tertiary/aromatic N) is 1. The van der Waals surface area contributed by atoms with Crippen LogP contribution in [0.15, 0.2) is 24.4 Å². The van der Waals surface area contributed by atoms with Gasteiger partial charge < -0.3 is 4.57 Å². The first-order valence-electron chi connectivity index (χ1n) is 4.66. The van der Waals surface area contributed by atoms with Crippen LogP contribution in [0.4, 0.5) is 0 Å². The van der Waals surface area contributed by atoms with Crippen molar-refractivity contribution in [3.63, 3.8) is 0 Å². The van der Waals surface area contributed by atoms with Crippen LogP contribution in [-0.4, -0.2) is 10.4 Å². The van der Waals surface area contributed by atoms with Crippen LogP contribution < -0.4 is 0 Å². The molecule has 0 spiro atoms. The molecule has 0 aliphatic carbocycles. The molecule has 1 aromatic carbocycles. The molecule has 0 N–H and O–H groups in total. The maximum absolute atomic E-state index is 11.2. The third-order valence-electron chi connectivity index (χ3n) is 2.57. The van der Waals surface area contributed by atoms with Gasteiger partial charge >= 0.3 is 0 Å². The molecule has 2 aromatic rings. The van der Waals surface area contributed by atoms with Gasteiger partial charge in [0, 0.05) is 24.2 Å². The van der Waals surface area contributed by atoms with E-state index in [1.54, 1.807) is 6.92 Å². The number of rotatable bonds is 1. The minimum atomic E-state index is 0.124. The number of carbonyl (C=O) groups excluding carboxylic acids is 1. The first-order chi connectivity index (χ1) is 6.59. The van der Waals surface area contributed by atoms with Gasteiger partial charge in [0.25, 0.3) is 0 Å². The molecule has 0 atom stereocenters. The van der Waals surface area contributed by atoms with E-state index in [4.69, 9.17) is 0 Å². The van der Waals surface area contributed by atoms with Crippen molar-refractivity contribution < 1.29 is 4.79 Å². The lowest BCUT2D eigenvalue weighted by Gasteiger charge is -2.03. The lowest BCUT2D eigenvalue weighted by Crippen LogP contribution is -1.94. The lowest BCUT2D eigenvalue weighted by atomic mass is 10.1. The summed E-state index contributed by atoms with van der Waals surface area (Å²) in [5.41, 5.74) is 3.15. The average molecular weight is 187 g/mol. The van der Waals surface area contributed by atoms with Gasteiger partial charge in [-0.05, 0) is 37.6 Å². The SMILES string of the molecule is CC(=O)c1cc(C)c2c(ccn2C)c1. The van der Waals surface area contributed by atoms with E-state index < -0.39 is 0 Å². The average Bonchev–Trinajstić information content (AvgIpc) is 2.48. The van der Waals surface area contributed by atoms with Gasteiger partial charge in [0.05, 0.1) is 5.52 Å². The molecule has 0 aliphatic heterocycles. The van der Waals surface area contributed by atoms with Crippen molar-refractivity contribution in [1.29, 1.82) is 0 Å². The highest BCUT2D eigenvalue weighted by Crippen LogP contribution is 2.21. The summed E-state index contributed by atoms with van der Waals surface area (Å²) in [6.07, 6.45) is 2.02. The highest BCUT2D eigenvalue weighted by atomic mass is 16.1. The minimum absolute atomic E-state index is 0.124. The van der Waals surface area contributed by atoms with E-state index in [2.05, 4.69) is 4.57 Å². The number of carbonyl (C=O) groups is 1. The van der Waals surface area contributed by atoms with E-state index in [9.17, 15) is 4.79 Å². The lowest BCUT2D eigenvalue weighted by molar-refractivity contribution is 0.101. The number of benzene rings is 1. The molecule has 2 heteroatoms. The molecule has 0 unspecified atom stereocenters. The first kappa shape index (κ1) is 9.00. The molecule has 1 aromatic heterocycles. The van der Waals surface area contributed by atoms with Gasteiger partial charge in [0.15, 0.2) is 5.78 Å². The second kappa shape index (κ2) is 2.98. The number of hydrogen-bond acceptors (Lipinski definition) is 1. The van der Waals surface area contributed by atoms with E-state index in [0.717, 1.165) is 16.5 Å². The van der Waals surface area contributed by atoms with Crippen molar-refractivity contribution in [1.82, 2.24) is 4.57 Å². The molecule has 0 bridgehead atoms. The summed E-state index contributed by atoms with van der Waals surface area (Å²) in [6.45, 7) is 3.64. The van der Waals surface area contributed by atoms with Gasteiger partial charge in [-0.15, -0.1) is 0 Å². The van der Waals surface area contributed by atoms with Gasteiger partial charge in [-0.1, -0.05) is 0 Å². The van der Waals surface area contributed by atoms with Crippen LogP contribution >= 0.6 is 0 Å². The highest BCUT2D eigenvalue weighted by Gasteiger charge is 2.06. The van der Waals surface area contributed by atoms with Crippen LogP contribution in [0.5, 0.6) is 0 Å². The Kier molecular flexibility index (Phi) is 1.92. The molecule has 14 heavy (non-hydrogen) atoms. The Bertz CT molecular complexity index is 508. The van der Waals surface area contributed by atoms with Crippen LogP contribution in [-0.2, 0) is 7.05 Å². The molecule has 0 amide bonds. The summed E-state index contributed by atoms with van der Waals surface area (Å²) in [6, 6.07) is 5.93. The Balaban J connectivity index is 2.80. The monoisotopic (exact) mass is 187 g/mol. The van der Waals surface area contributed by atoms with Gasteiger partial charge in [-0.3, -0.25) is 4.79 Å². The molecule has 1 heterocycles. The Morgan fingerprint density at radius 1 is 1.36 bits per heavy atom. The van der Waals surface area contributed by atoms with Crippen molar-refractivity contribution in [2.45, 2.75) is 13.8 Å². The number of fused-ring (bicyclic) bond motifs is 1. The number of aromatic nitrogens is 1. The fourth-order valence-corrected chi connectivity index (χ4v) is 1.89. The standard InChI is InChI=1S/C12H13NO/c1-8-6-11(9(2)14)7-10-4-5-13(3)12(8)10/h4-7H,1-3H3. The fourth-order valence-electron chi connectivity index (χ4n) is 1.89. The fraction of sp³-hybridized carbons (Fsp3) is 0.250. The first-order valence-corrected chi connectivity index (χ1v) is 4.66. The molecule has 0 fully saturated rings. The predicted molar refractivity (Wildman–Crippen MR) is 57.7 cm³/mol. The highest BCUT2D eigenvalue weighted by molar-refractivity contribution is 5.99. The molecule has 2 rings (SSSR count). The van der Waals surface area contributed by atoms with Crippen LogP contribution in [0.3, 0.4) is 0 Å². The van der Waals surface area contributed by atoms with Crippen molar-refractivity contribution in [3.05, 3.63) is 35.5 Å². The Morgan fingerprint density at radius 3 is 2.71 bits per heavy atom. The summed E-state index contributed by atoms with van der Waals surface area (Å²) in [5.74, 6) is 0.124. The smallest absolute Gasteiger partial charge is 0.159 e. The van der Waals surface area contributed by atoms with Gasteiger partial charge in [0.1, 0.15) is 0 Å². The molecule has 72 valence electrons. The van der Waals surface area contributed by atoms with Crippen LogP contribution in [0.1, 0.15) is 22.8 Å². The molecule has 2 nitrogen and oxygen atoms in total. The Morgan fingerprint density at radius 2 is 2.07 bits per heavy atom. The second-order valence-corrected chi connectivity index (χ2v) is 3.71. The summed E-state index contributed by atoms with van der Waals surface area (Å²) in [5, 5.41) is 1.14.